The molecule has 1 fully saturated rings. The van der Waals surface area contributed by atoms with Crippen LogP contribution in [-0.4, -0.2) is 23.9 Å². The van der Waals surface area contributed by atoms with Gasteiger partial charge in [0.1, 0.15) is 17.9 Å². The summed E-state index contributed by atoms with van der Waals surface area (Å²) in [5, 5.41) is 2.70. The number of nitrogens with one attached hydrogen (secondary N) is 1. The Bertz CT molecular complexity index is 558. The fourth-order valence-corrected chi connectivity index (χ4v) is 2.60. The zero-order valence-electron chi connectivity index (χ0n) is 11.4. The van der Waals surface area contributed by atoms with Gasteiger partial charge in [0.25, 0.3) is 5.91 Å². The van der Waals surface area contributed by atoms with Crippen molar-refractivity contribution < 1.29 is 14.0 Å². The molecule has 1 heterocycles. The molecule has 0 unspecified atom stereocenters. The maximum absolute atomic E-state index is 13.2. The summed E-state index contributed by atoms with van der Waals surface area (Å²) in [6.45, 7) is 3.62. The highest BCUT2D eigenvalue weighted by atomic mass is 35.5. The van der Waals surface area contributed by atoms with Gasteiger partial charge in [0.05, 0.1) is 5.02 Å². The molecule has 1 N–H and O–H groups in total. The van der Waals surface area contributed by atoms with Crippen molar-refractivity contribution in [2.24, 2.45) is 0 Å². The molecule has 0 aromatic heterocycles. The fraction of sp³-hybridized carbons (Fsp3) is 0.429. The van der Waals surface area contributed by atoms with Gasteiger partial charge >= 0.3 is 0 Å². The first kappa shape index (κ1) is 14.8. The van der Waals surface area contributed by atoms with Crippen LogP contribution in [0.2, 0.25) is 5.02 Å². The van der Waals surface area contributed by atoms with Gasteiger partial charge in [0.2, 0.25) is 5.91 Å². The number of benzene rings is 1. The molecule has 1 aliphatic rings. The molecule has 1 aromatic carbocycles. The average molecular weight is 299 g/mol. The van der Waals surface area contributed by atoms with Crippen LogP contribution in [0.3, 0.4) is 0 Å². The predicted molar refractivity (Wildman–Crippen MR) is 75.2 cm³/mol. The van der Waals surface area contributed by atoms with Crippen LogP contribution in [0, 0.1) is 5.82 Å². The minimum Gasteiger partial charge on any atom is -0.340 e. The monoisotopic (exact) mass is 298 g/mol. The highest BCUT2D eigenvalue weighted by molar-refractivity contribution is 6.31. The van der Waals surface area contributed by atoms with Gasteiger partial charge in [0, 0.05) is 5.69 Å². The van der Waals surface area contributed by atoms with Crippen molar-refractivity contribution in [3.63, 3.8) is 0 Å². The fourth-order valence-electron chi connectivity index (χ4n) is 2.42. The van der Waals surface area contributed by atoms with Gasteiger partial charge < -0.3 is 10.2 Å². The first-order valence-corrected chi connectivity index (χ1v) is 6.89. The standard InChI is InChI=1S/C14H16ClFN2O2/c1-3-14(4-2)13(20)18(8-12(19)17-14)9-5-6-11(16)10(15)7-9/h5-7H,3-4,8H2,1-2H3,(H,17,19). The smallest absolute Gasteiger partial charge is 0.253 e. The van der Waals surface area contributed by atoms with E-state index in [2.05, 4.69) is 5.32 Å². The number of nitrogens with zero attached hydrogens (tertiary/aromatic N) is 1. The lowest BCUT2D eigenvalue weighted by molar-refractivity contribution is -0.136. The number of amides is 2. The Hall–Kier alpha value is -1.62. The molecule has 0 spiro atoms. The zero-order valence-corrected chi connectivity index (χ0v) is 12.1. The van der Waals surface area contributed by atoms with Gasteiger partial charge in [-0.2, -0.15) is 0 Å². The van der Waals surface area contributed by atoms with Crippen molar-refractivity contribution in [1.82, 2.24) is 5.32 Å². The van der Waals surface area contributed by atoms with Crippen molar-refractivity contribution in [3.8, 4) is 0 Å². The van der Waals surface area contributed by atoms with Gasteiger partial charge in [-0.05, 0) is 31.0 Å². The van der Waals surface area contributed by atoms with E-state index in [1.54, 1.807) is 0 Å². The van der Waals surface area contributed by atoms with E-state index in [4.69, 9.17) is 11.6 Å². The summed E-state index contributed by atoms with van der Waals surface area (Å²) in [4.78, 5) is 25.8. The number of carbonyl (C=O) groups excluding carboxylic acids is 2. The third-order valence-corrected chi connectivity index (χ3v) is 4.05. The molecule has 0 radical (unpaired) electrons. The Morgan fingerprint density at radius 3 is 2.55 bits per heavy atom. The van der Waals surface area contributed by atoms with Crippen LogP contribution < -0.4 is 10.2 Å². The summed E-state index contributed by atoms with van der Waals surface area (Å²) in [5.41, 5.74) is -0.460. The van der Waals surface area contributed by atoms with Crippen molar-refractivity contribution in [2.45, 2.75) is 32.2 Å². The molecule has 1 aliphatic heterocycles. The SMILES string of the molecule is CCC1(CC)NC(=O)CN(c2ccc(F)c(Cl)c2)C1=O. The van der Waals surface area contributed by atoms with Crippen molar-refractivity contribution >= 4 is 29.1 Å². The van der Waals surface area contributed by atoms with E-state index in [1.807, 2.05) is 13.8 Å². The second-order valence-electron chi connectivity index (χ2n) is 4.83. The molecular weight excluding hydrogens is 283 g/mol. The van der Waals surface area contributed by atoms with Gasteiger partial charge in [-0.15, -0.1) is 0 Å². The third kappa shape index (κ3) is 2.38. The predicted octanol–water partition coefficient (Wildman–Crippen LogP) is 2.50. The molecule has 0 bridgehead atoms. The number of piperazine rings is 1. The number of carbonyl (C=O) groups is 2. The van der Waals surface area contributed by atoms with E-state index < -0.39 is 11.4 Å². The Morgan fingerprint density at radius 1 is 1.35 bits per heavy atom. The molecule has 0 atom stereocenters. The molecule has 108 valence electrons. The van der Waals surface area contributed by atoms with Crippen LogP contribution in [0.15, 0.2) is 18.2 Å². The second-order valence-corrected chi connectivity index (χ2v) is 5.23. The first-order chi connectivity index (χ1) is 9.43. The van der Waals surface area contributed by atoms with E-state index in [0.29, 0.717) is 18.5 Å². The summed E-state index contributed by atoms with van der Waals surface area (Å²) < 4.78 is 13.2. The molecular formula is C14H16ClFN2O2. The van der Waals surface area contributed by atoms with E-state index in [-0.39, 0.29) is 23.4 Å². The van der Waals surface area contributed by atoms with E-state index in [0.717, 1.165) is 0 Å². The van der Waals surface area contributed by atoms with Crippen LogP contribution >= 0.6 is 11.6 Å². The van der Waals surface area contributed by atoms with E-state index in [1.165, 1.54) is 23.1 Å². The lowest BCUT2D eigenvalue weighted by Gasteiger charge is -2.41. The van der Waals surface area contributed by atoms with Gasteiger partial charge in [0.15, 0.2) is 0 Å². The van der Waals surface area contributed by atoms with Crippen LogP contribution in [0.5, 0.6) is 0 Å². The van der Waals surface area contributed by atoms with E-state index >= 15 is 0 Å². The molecule has 20 heavy (non-hydrogen) atoms. The lowest BCUT2D eigenvalue weighted by atomic mass is 9.88. The minimum absolute atomic E-state index is 0.0696. The minimum atomic E-state index is -0.893. The molecule has 6 heteroatoms. The summed E-state index contributed by atoms with van der Waals surface area (Å²) in [6, 6.07) is 4.01. The quantitative estimate of drug-likeness (QED) is 0.932. The molecule has 1 saturated heterocycles. The number of halogens is 2. The summed E-state index contributed by atoms with van der Waals surface area (Å²) >= 11 is 5.74. The highest BCUT2D eigenvalue weighted by Crippen LogP contribution is 2.29. The van der Waals surface area contributed by atoms with Crippen LogP contribution in [0.4, 0.5) is 10.1 Å². The second kappa shape index (κ2) is 5.40. The Labute approximate surface area is 121 Å². The summed E-state index contributed by atoms with van der Waals surface area (Å²) in [6.07, 6.45) is 0.999. The van der Waals surface area contributed by atoms with Crippen molar-refractivity contribution in [2.75, 3.05) is 11.4 Å². The van der Waals surface area contributed by atoms with Gasteiger partial charge in [-0.1, -0.05) is 25.4 Å². The number of rotatable bonds is 3. The highest BCUT2D eigenvalue weighted by Gasteiger charge is 2.44. The molecule has 2 amide bonds. The van der Waals surface area contributed by atoms with Crippen LogP contribution in [0.1, 0.15) is 26.7 Å². The van der Waals surface area contributed by atoms with Crippen LogP contribution in [0.25, 0.3) is 0 Å². The molecule has 4 nitrogen and oxygen atoms in total. The topological polar surface area (TPSA) is 49.4 Å². The van der Waals surface area contributed by atoms with Gasteiger partial charge in [-0.3, -0.25) is 9.59 Å². The maximum atomic E-state index is 13.2. The molecule has 1 aromatic rings. The van der Waals surface area contributed by atoms with Crippen LogP contribution in [-0.2, 0) is 9.59 Å². The Balaban J connectivity index is 2.42. The first-order valence-electron chi connectivity index (χ1n) is 6.51. The largest absolute Gasteiger partial charge is 0.340 e. The van der Waals surface area contributed by atoms with E-state index in [9.17, 15) is 14.0 Å². The van der Waals surface area contributed by atoms with Gasteiger partial charge in [-0.25, -0.2) is 4.39 Å². The summed E-state index contributed by atoms with van der Waals surface area (Å²) in [7, 11) is 0. The normalized spacial score (nSPS) is 18.1. The molecule has 0 aliphatic carbocycles. The lowest BCUT2D eigenvalue weighted by Crippen LogP contribution is -2.66. The zero-order chi connectivity index (χ0) is 14.9. The average Bonchev–Trinajstić information content (AvgIpc) is 2.44. The van der Waals surface area contributed by atoms with Crippen molar-refractivity contribution in [3.05, 3.63) is 29.0 Å². The Kier molecular flexibility index (Phi) is 3.99. The summed E-state index contributed by atoms with van der Waals surface area (Å²) in [5.74, 6) is -0.972. The number of hydrogen-bond acceptors (Lipinski definition) is 2. The third-order valence-electron chi connectivity index (χ3n) is 3.76. The Morgan fingerprint density at radius 2 is 2.00 bits per heavy atom. The molecule has 0 saturated carbocycles. The van der Waals surface area contributed by atoms with Crippen molar-refractivity contribution in [1.29, 1.82) is 0 Å². The maximum Gasteiger partial charge on any atom is 0.253 e. The number of anilines is 1. The molecule has 2 rings (SSSR count). The number of hydrogen-bond donors (Lipinski definition) is 1.